The third-order valence-electron chi connectivity index (χ3n) is 1.18. The molecule has 0 aromatic carbocycles. The van der Waals surface area contributed by atoms with Gasteiger partial charge in [-0.05, 0) is 24.2 Å². The molecule has 0 bridgehead atoms. The number of hydrogen-bond donors (Lipinski definition) is 0. The maximum absolute atomic E-state index is 10.1. The van der Waals surface area contributed by atoms with Crippen LogP contribution >= 0.6 is 0 Å². The Hall–Kier alpha value is 0.0700. The van der Waals surface area contributed by atoms with Crippen LogP contribution in [0.3, 0.4) is 0 Å². The van der Waals surface area contributed by atoms with Gasteiger partial charge in [0.05, 0.1) is 5.88 Å². The number of hydrogen-bond acceptors (Lipinski definition) is 3. The minimum Gasteiger partial charge on any atom is -0.771 e. The van der Waals surface area contributed by atoms with Crippen LogP contribution in [0.25, 0.3) is 0 Å². The lowest BCUT2D eigenvalue weighted by Crippen LogP contribution is -2.26. The van der Waals surface area contributed by atoms with Crippen molar-refractivity contribution in [3.8, 4) is 0 Å². The average molecular weight is 150 g/mol. The van der Waals surface area contributed by atoms with Crippen LogP contribution in [-0.2, 0) is 11.1 Å². The summed E-state index contributed by atoms with van der Waals surface area (Å²) in [5.41, 5.74) is 0. The summed E-state index contributed by atoms with van der Waals surface area (Å²) in [6, 6.07) is 0. The van der Waals surface area contributed by atoms with E-state index in [-0.39, 0.29) is 5.88 Å². The molecule has 0 rings (SSSR count). The highest BCUT2D eigenvalue weighted by Crippen LogP contribution is 1.86. The monoisotopic (exact) mass is 150 g/mol. The minimum atomic E-state index is -1.92. The molecule has 0 aliphatic rings. The van der Waals surface area contributed by atoms with Gasteiger partial charge in [0.25, 0.3) is 0 Å². The summed E-state index contributed by atoms with van der Waals surface area (Å²) >= 11 is -1.92. The highest BCUT2D eigenvalue weighted by Gasteiger charge is 1.95. The second kappa shape index (κ2) is 4.90. The van der Waals surface area contributed by atoms with Crippen molar-refractivity contribution < 1.29 is 8.76 Å². The zero-order valence-corrected chi connectivity index (χ0v) is 6.61. The molecule has 0 spiro atoms. The normalized spacial score (nSPS) is 14.2. The molecule has 0 aromatic rings. The van der Waals surface area contributed by atoms with Crippen molar-refractivity contribution in [2.75, 3.05) is 19.0 Å². The second-order valence-electron chi connectivity index (χ2n) is 1.74. The molecule has 0 fully saturated rings. The van der Waals surface area contributed by atoms with E-state index in [0.717, 1.165) is 13.1 Å². The molecule has 0 aliphatic heterocycles. The lowest BCUT2D eigenvalue weighted by atomic mass is 10.6. The van der Waals surface area contributed by atoms with E-state index < -0.39 is 11.1 Å². The molecule has 3 nitrogen and oxygen atoms in total. The van der Waals surface area contributed by atoms with Gasteiger partial charge < -0.3 is 4.55 Å². The van der Waals surface area contributed by atoms with Gasteiger partial charge in [-0.25, -0.2) is 0 Å². The van der Waals surface area contributed by atoms with Gasteiger partial charge in [-0.3, -0.25) is 9.11 Å². The summed E-state index contributed by atoms with van der Waals surface area (Å²) in [5.74, 6) is 0.160. The summed E-state index contributed by atoms with van der Waals surface area (Å²) in [4.78, 5) is 1.84. The molecule has 0 aromatic heterocycles. The Morgan fingerprint density at radius 2 is 1.89 bits per heavy atom. The van der Waals surface area contributed by atoms with Crippen LogP contribution in [0.4, 0.5) is 0 Å². The molecule has 0 N–H and O–H groups in total. The van der Waals surface area contributed by atoms with Gasteiger partial charge in [-0.15, -0.1) is 0 Å². The third-order valence-corrected chi connectivity index (χ3v) is 1.76. The van der Waals surface area contributed by atoms with E-state index in [0.29, 0.717) is 0 Å². The second-order valence-corrected chi connectivity index (χ2v) is 2.60. The van der Waals surface area contributed by atoms with Gasteiger partial charge in [-0.1, -0.05) is 13.8 Å². The Kier molecular flexibility index (Phi) is 4.94. The predicted molar refractivity (Wildman–Crippen MR) is 36.7 cm³/mol. The first-order valence-electron chi connectivity index (χ1n) is 2.98. The first-order valence-corrected chi connectivity index (χ1v) is 4.23. The van der Waals surface area contributed by atoms with Crippen molar-refractivity contribution in [3.63, 3.8) is 0 Å². The van der Waals surface area contributed by atoms with Crippen molar-refractivity contribution >= 4 is 11.1 Å². The van der Waals surface area contributed by atoms with Crippen LogP contribution in [0.15, 0.2) is 0 Å². The maximum atomic E-state index is 10.1. The molecule has 0 aliphatic carbocycles. The molecule has 9 heavy (non-hydrogen) atoms. The highest BCUT2D eigenvalue weighted by molar-refractivity contribution is 7.79. The summed E-state index contributed by atoms with van der Waals surface area (Å²) in [7, 11) is 0. The zero-order chi connectivity index (χ0) is 7.28. The molecule has 1 unspecified atom stereocenters. The van der Waals surface area contributed by atoms with E-state index in [9.17, 15) is 8.76 Å². The number of nitrogens with zero attached hydrogens (tertiary/aromatic N) is 1. The topological polar surface area (TPSA) is 43.4 Å². The van der Waals surface area contributed by atoms with Crippen molar-refractivity contribution in [2.24, 2.45) is 0 Å². The number of rotatable bonds is 4. The van der Waals surface area contributed by atoms with Gasteiger partial charge in [0.2, 0.25) is 0 Å². The first-order chi connectivity index (χ1) is 4.20. The van der Waals surface area contributed by atoms with Crippen LogP contribution in [-0.4, -0.2) is 32.6 Å². The maximum Gasteiger partial charge on any atom is 0.0613 e. The van der Waals surface area contributed by atoms with Gasteiger partial charge in [0.1, 0.15) is 0 Å². The van der Waals surface area contributed by atoms with Crippen LogP contribution in [0.1, 0.15) is 13.8 Å². The van der Waals surface area contributed by atoms with Crippen molar-refractivity contribution in [2.45, 2.75) is 13.8 Å². The summed E-state index contributed by atoms with van der Waals surface area (Å²) in [5, 5.41) is 0. The van der Waals surface area contributed by atoms with E-state index in [2.05, 4.69) is 0 Å². The molecule has 56 valence electrons. The fourth-order valence-electron chi connectivity index (χ4n) is 0.555. The quantitative estimate of drug-likeness (QED) is 0.536. The van der Waals surface area contributed by atoms with Crippen LogP contribution in [0.5, 0.6) is 0 Å². The third kappa shape index (κ3) is 4.57. The highest BCUT2D eigenvalue weighted by atomic mass is 32.2. The smallest absolute Gasteiger partial charge is 0.0613 e. The van der Waals surface area contributed by atoms with E-state index >= 15 is 0 Å². The predicted octanol–water partition coefficient (Wildman–Crippen LogP) is 0.165. The van der Waals surface area contributed by atoms with E-state index in [4.69, 9.17) is 0 Å². The Labute approximate surface area is 58.3 Å². The Bertz CT molecular complexity index is 93.0. The fraction of sp³-hybridized carbons (Fsp3) is 1.00. The summed E-state index contributed by atoms with van der Waals surface area (Å²) in [6.45, 7) is 5.47. The van der Waals surface area contributed by atoms with E-state index in [1.54, 1.807) is 0 Å². The molecule has 0 amide bonds. The van der Waals surface area contributed by atoms with E-state index in [1.165, 1.54) is 0 Å². The first kappa shape index (κ1) is 9.07. The minimum absolute atomic E-state index is 0.160. The molecular formula is C5H12NO2S-. The molecule has 0 saturated heterocycles. The van der Waals surface area contributed by atoms with Crippen molar-refractivity contribution in [3.05, 3.63) is 0 Å². The van der Waals surface area contributed by atoms with Crippen LogP contribution < -0.4 is 0 Å². The van der Waals surface area contributed by atoms with Crippen molar-refractivity contribution in [1.82, 2.24) is 4.90 Å². The lowest BCUT2D eigenvalue weighted by molar-refractivity contribution is 0.344. The summed E-state index contributed by atoms with van der Waals surface area (Å²) in [6.07, 6.45) is 0. The van der Waals surface area contributed by atoms with Crippen LogP contribution in [0, 0.1) is 0 Å². The Morgan fingerprint density at radius 3 is 2.00 bits per heavy atom. The Balaban J connectivity index is 3.43. The summed E-state index contributed by atoms with van der Waals surface area (Å²) < 4.78 is 20.2. The van der Waals surface area contributed by atoms with Gasteiger partial charge in [0.15, 0.2) is 0 Å². The molecule has 4 heteroatoms. The molecule has 0 heterocycles. The van der Waals surface area contributed by atoms with Crippen LogP contribution in [0.2, 0.25) is 0 Å². The SMILES string of the molecule is CCN(CC)CS(=O)[O-]. The Morgan fingerprint density at radius 1 is 1.44 bits per heavy atom. The zero-order valence-electron chi connectivity index (χ0n) is 5.79. The molecule has 0 radical (unpaired) electrons. The lowest BCUT2D eigenvalue weighted by Gasteiger charge is -2.18. The molecule has 0 saturated carbocycles. The van der Waals surface area contributed by atoms with Crippen molar-refractivity contribution in [1.29, 1.82) is 0 Å². The molecule has 1 atom stereocenters. The fourth-order valence-corrected chi connectivity index (χ4v) is 1.22. The molecular weight excluding hydrogens is 138 g/mol. The van der Waals surface area contributed by atoms with E-state index in [1.807, 2.05) is 18.7 Å². The van der Waals surface area contributed by atoms with Gasteiger partial charge in [-0.2, -0.15) is 0 Å². The van der Waals surface area contributed by atoms with Gasteiger partial charge >= 0.3 is 0 Å². The average Bonchev–Trinajstić information content (AvgIpc) is 1.82. The standard InChI is InChI=1S/C5H13NO2S/c1-3-6(4-2)5-9(7)8/h3-5H2,1-2H3,(H,7,8)/p-1. The van der Waals surface area contributed by atoms with Gasteiger partial charge in [0, 0.05) is 0 Å². The largest absolute Gasteiger partial charge is 0.771 e.